The van der Waals surface area contributed by atoms with Crippen LogP contribution in [0.5, 0.6) is 0 Å². The molecule has 0 atom stereocenters. The number of hydrogen-bond acceptors (Lipinski definition) is 5. The highest BCUT2D eigenvalue weighted by molar-refractivity contribution is 7.85. The van der Waals surface area contributed by atoms with Gasteiger partial charge in [-0.25, -0.2) is 9.48 Å². The van der Waals surface area contributed by atoms with Crippen molar-refractivity contribution in [2.24, 2.45) is 0 Å². The molecule has 1 saturated heterocycles. The van der Waals surface area contributed by atoms with Crippen LogP contribution in [0, 0.1) is 0 Å². The van der Waals surface area contributed by atoms with E-state index in [0.717, 1.165) is 0 Å². The summed E-state index contributed by atoms with van der Waals surface area (Å²) in [5.41, 5.74) is -0.192. The lowest BCUT2D eigenvalue weighted by Crippen LogP contribution is -2.43. The summed E-state index contributed by atoms with van der Waals surface area (Å²) in [6.07, 6.45) is 1.21. The summed E-state index contributed by atoms with van der Waals surface area (Å²) in [6, 6.07) is 0. The normalized spacial score (nSPS) is 16.8. The van der Waals surface area contributed by atoms with Crippen molar-refractivity contribution in [1.82, 2.24) is 19.9 Å². The number of rotatable bonds is 3. The topological polar surface area (TPSA) is 105 Å². The molecule has 9 heteroatoms. The third-order valence-electron chi connectivity index (χ3n) is 2.59. The van der Waals surface area contributed by atoms with Gasteiger partial charge in [-0.05, 0) is 0 Å². The second-order valence-electron chi connectivity index (χ2n) is 3.84. The minimum atomic E-state index is -1.18. The summed E-state index contributed by atoms with van der Waals surface area (Å²) in [5.74, 6) is -0.372. The Hall–Kier alpha value is -1.77. The van der Waals surface area contributed by atoms with Gasteiger partial charge in [0.2, 0.25) is 5.91 Å². The van der Waals surface area contributed by atoms with Crippen LogP contribution in [0.25, 0.3) is 0 Å². The Morgan fingerprint density at radius 2 is 2.06 bits per heavy atom. The fourth-order valence-electron chi connectivity index (χ4n) is 1.60. The van der Waals surface area contributed by atoms with Crippen molar-refractivity contribution < 1.29 is 18.9 Å². The Labute approximate surface area is 105 Å². The first-order valence-corrected chi connectivity index (χ1v) is 6.81. The van der Waals surface area contributed by atoms with E-state index in [9.17, 15) is 13.8 Å². The number of amides is 1. The van der Waals surface area contributed by atoms with Gasteiger partial charge in [0.1, 0.15) is 6.54 Å². The largest absolute Gasteiger partial charge is 0.476 e. The standard InChI is InChI=1S/C9H12N4O4S/c14-8(12-1-3-18(17)4-2-12)6-13-5-7(9(15)16)10-11-13/h5H,1-4,6H2,(H,15,16). The van der Waals surface area contributed by atoms with Crippen molar-refractivity contribution >= 4 is 22.7 Å². The molecule has 2 rings (SSSR count). The zero-order valence-electron chi connectivity index (χ0n) is 9.48. The number of aromatic nitrogens is 3. The molecule has 1 aromatic heterocycles. The van der Waals surface area contributed by atoms with Crippen molar-refractivity contribution in [2.45, 2.75) is 6.54 Å². The monoisotopic (exact) mass is 272 g/mol. The van der Waals surface area contributed by atoms with E-state index < -0.39 is 16.8 Å². The molecule has 0 radical (unpaired) electrons. The average molecular weight is 272 g/mol. The van der Waals surface area contributed by atoms with Crippen LogP contribution in [0.1, 0.15) is 10.5 Å². The SMILES string of the molecule is O=C(O)c1cn(CC(=O)N2CCS(=O)CC2)nn1. The molecule has 1 aliphatic rings. The number of carbonyl (C=O) groups is 2. The van der Waals surface area contributed by atoms with Crippen LogP contribution in [0.3, 0.4) is 0 Å². The summed E-state index contributed by atoms with van der Waals surface area (Å²) < 4.78 is 12.3. The number of hydrogen-bond donors (Lipinski definition) is 1. The van der Waals surface area contributed by atoms with Gasteiger partial charge in [0.25, 0.3) is 0 Å². The number of carbonyl (C=O) groups excluding carboxylic acids is 1. The molecule has 18 heavy (non-hydrogen) atoms. The first kappa shape index (κ1) is 12.7. The van der Waals surface area contributed by atoms with Crippen LogP contribution < -0.4 is 0 Å². The summed E-state index contributed by atoms with van der Waals surface area (Å²) in [6.45, 7) is 0.880. The molecule has 0 aliphatic carbocycles. The fourth-order valence-corrected chi connectivity index (χ4v) is 2.65. The molecular weight excluding hydrogens is 260 g/mol. The van der Waals surface area contributed by atoms with E-state index in [-0.39, 0.29) is 18.1 Å². The van der Waals surface area contributed by atoms with Gasteiger partial charge < -0.3 is 10.0 Å². The fraction of sp³-hybridized carbons (Fsp3) is 0.556. The van der Waals surface area contributed by atoms with Crippen molar-refractivity contribution in [3.8, 4) is 0 Å². The van der Waals surface area contributed by atoms with E-state index in [0.29, 0.717) is 24.6 Å². The molecule has 1 fully saturated rings. The molecule has 1 aliphatic heterocycles. The summed E-state index contributed by atoms with van der Waals surface area (Å²) >= 11 is 0. The average Bonchev–Trinajstić information content (AvgIpc) is 2.78. The Morgan fingerprint density at radius 1 is 1.39 bits per heavy atom. The number of nitrogens with zero attached hydrogens (tertiary/aromatic N) is 4. The number of carboxylic acids is 1. The lowest BCUT2D eigenvalue weighted by Gasteiger charge is -2.26. The van der Waals surface area contributed by atoms with Gasteiger partial charge in [0.05, 0.1) is 6.20 Å². The van der Waals surface area contributed by atoms with Crippen LogP contribution in [0.15, 0.2) is 6.20 Å². The number of aromatic carboxylic acids is 1. The minimum Gasteiger partial charge on any atom is -0.476 e. The van der Waals surface area contributed by atoms with Crippen LogP contribution in [0.2, 0.25) is 0 Å². The van der Waals surface area contributed by atoms with E-state index >= 15 is 0 Å². The highest BCUT2D eigenvalue weighted by Gasteiger charge is 2.20. The zero-order valence-corrected chi connectivity index (χ0v) is 10.3. The molecule has 0 unspecified atom stereocenters. The first-order chi connectivity index (χ1) is 8.56. The predicted molar refractivity (Wildman–Crippen MR) is 61.4 cm³/mol. The molecule has 2 heterocycles. The van der Waals surface area contributed by atoms with E-state index in [2.05, 4.69) is 10.3 Å². The summed E-state index contributed by atoms with van der Waals surface area (Å²) in [4.78, 5) is 24.0. The molecule has 0 spiro atoms. The third-order valence-corrected chi connectivity index (χ3v) is 3.86. The Kier molecular flexibility index (Phi) is 3.70. The van der Waals surface area contributed by atoms with Crippen molar-refractivity contribution in [3.05, 3.63) is 11.9 Å². The first-order valence-electron chi connectivity index (χ1n) is 5.32. The lowest BCUT2D eigenvalue weighted by atomic mass is 10.4. The maximum Gasteiger partial charge on any atom is 0.358 e. The van der Waals surface area contributed by atoms with Gasteiger partial charge >= 0.3 is 5.97 Å². The Bertz CT molecular complexity index is 491. The molecule has 98 valence electrons. The van der Waals surface area contributed by atoms with Crippen molar-refractivity contribution in [2.75, 3.05) is 24.6 Å². The van der Waals surface area contributed by atoms with Gasteiger partial charge in [0, 0.05) is 35.4 Å². The zero-order chi connectivity index (χ0) is 13.1. The second kappa shape index (κ2) is 5.25. The van der Waals surface area contributed by atoms with E-state index in [4.69, 9.17) is 5.11 Å². The number of carboxylic acid groups (broad SMARTS) is 1. The molecular formula is C9H12N4O4S. The highest BCUT2D eigenvalue weighted by atomic mass is 32.2. The smallest absolute Gasteiger partial charge is 0.358 e. The second-order valence-corrected chi connectivity index (χ2v) is 5.53. The summed E-state index contributed by atoms with van der Waals surface area (Å²) in [7, 11) is -0.832. The van der Waals surface area contributed by atoms with E-state index in [1.807, 2.05) is 0 Å². The van der Waals surface area contributed by atoms with E-state index in [1.54, 1.807) is 4.90 Å². The predicted octanol–water partition coefficient (Wildman–Crippen LogP) is -1.43. The van der Waals surface area contributed by atoms with Crippen LogP contribution in [0.4, 0.5) is 0 Å². The molecule has 8 nitrogen and oxygen atoms in total. The van der Waals surface area contributed by atoms with Crippen molar-refractivity contribution in [3.63, 3.8) is 0 Å². The molecule has 1 amide bonds. The van der Waals surface area contributed by atoms with Gasteiger partial charge in [0.15, 0.2) is 5.69 Å². The summed E-state index contributed by atoms with van der Waals surface area (Å²) in [5, 5.41) is 15.7. The lowest BCUT2D eigenvalue weighted by molar-refractivity contribution is -0.131. The van der Waals surface area contributed by atoms with Gasteiger partial charge in [-0.3, -0.25) is 9.00 Å². The highest BCUT2D eigenvalue weighted by Crippen LogP contribution is 2.02. The molecule has 1 aromatic rings. The molecule has 0 saturated carbocycles. The Balaban J connectivity index is 1.94. The van der Waals surface area contributed by atoms with Gasteiger partial charge in [-0.2, -0.15) is 0 Å². The van der Waals surface area contributed by atoms with Gasteiger partial charge in [-0.15, -0.1) is 5.10 Å². The van der Waals surface area contributed by atoms with E-state index in [1.165, 1.54) is 10.9 Å². The van der Waals surface area contributed by atoms with Crippen molar-refractivity contribution in [1.29, 1.82) is 0 Å². The third kappa shape index (κ3) is 2.92. The quantitative estimate of drug-likeness (QED) is 0.723. The molecule has 1 N–H and O–H groups in total. The minimum absolute atomic E-state index is 0.0487. The van der Waals surface area contributed by atoms with Gasteiger partial charge in [-0.1, -0.05) is 5.21 Å². The van der Waals surface area contributed by atoms with Crippen LogP contribution >= 0.6 is 0 Å². The van der Waals surface area contributed by atoms with Crippen LogP contribution in [-0.4, -0.2) is 65.7 Å². The molecule has 0 bridgehead atoms. The Morgan fingerprint density at radius 3 is 2.61 bits per heavy atom. The van der Waals surface area contributed by atoms with Crippen LogP contribution in [-0.2, 0) is 22.1 Å². The maximum atomic E-state index is 11.8. The maximum absolute atomic E-state index is 11.8. The molecule has 0 aromatic carbocycles.